The number of H-pyrrole nitrogens is 1. The van der Waals surface area contributed by atoms with Crippen LogP contribution in [0.15, 0.2) is 55.6 Å². The second kappa shape index (κ2) is 8.96. The van der Waals surface area contributed by atoms with Crippen molar-refractivity contribution in [2.24, 2.45) is 12.5 Å². The monoisotopic (exact) mass is 597 g/mol. The van der Waals surface area contributed by atoms with Crippen LogP contribution < -0.4 is 0 Å². The first-order valence-corrected chi connectivity index (χ1v) is 14.8. The van der Waals surface area contributed by atoms with Gasteiger partial charge in [-0.2, -0.15) is 15.3 Å². The number of aryl methyl sites for hydroxylation is 2. The quantitative estimate of drug-likeness (QED) is 0.234. The van der Waals surface area contributed by atoms with Crippen LogP contribution in [0.3, 0.4) is 0 Å². The molecule has 0 bridgehead atoms. The highest BCUT2D eigenvalue weighted by atomic mass is 35.5. The molecule has 1 saturated heterocycles. The van der Waals surface area contributed by atoms with E-state index in [0.29, 0.717) is 11.3 Å². The number of likely N-dealkylation sites (tertiary alicyclic amines) is 1. The molecule has 5 heterocycles. The van der Waals surface area contributed by atoms with Crippen LogP contribution in [0.1, 0.15) is 30.1 Å². The topological polar surface area (TPSA) is 85.4 Å². The highest BCUT2D eigenvalue weighted by Crippen LogP contribution is 2.56. The summed E-state index contributed by atoms with van der Waals surface area (Å²) in [5.41, 5.74) is 8.40. The Morgan fingerprint density at radius 3 is 2.67 bits per heavy atom. The molecule has 1 aliphatic carbocycles. The molecule has 1 N–H and O–H groups in total. The Labute approximate surface area is 252 Å². The van der Waals surface area contributed by atoms with Crippen molar-refractivity contribution in [2.45, 2.75) is 32.7 Å². The Morgan fingerprint density at radius 1 is 1.10 bits per heavy atom. The number of hydrogen-bond acceptors (Lipinski definition) is 5. The van der Waals surface area contributed by atoms with Crippen molar-refractivity contribution in [2.75, 3.05) is 13.1 Å². The van der Waals surface area contributed by atoms with Gasteiger partial charge in [0.05, 0.1) is 34.5 Å². The van der Waals surface area contributed by atoms with Gasteiger partial charge >= 0.3 is 0 Å². The number of hydrogen-bond donors (Lipinski definition) is 1. The molecular weight excluding hydrogens is 569 g/mol. The molecule has 0 atom stereocenters. The molecule has 0 amide bonds. The van der Waals surface area contributed by atoms with Gasteiger partial charge in [0.15, 0.2) is 0 Å². The molecule has 4 aromatic heterocycles. The van der Waals surface area contributed by atoms with Crippen molar-refractivity contribution in [1.29, 1.82) is 0 Å². The van der Waals surface area contributed by atoms with E-state index >= 15 is 0 Å². The second-order valence-electron chi connectivity index (χ2n) is 11.9. The van der Waals surface area contributed by atoms with E-state index in [-0.39, 0.29) is 5.41 Å². The maximum atomic E-state index is 7.08. The molecule has 6 aromatic rings. The minimum Gasteiger partial charge on any atom is -0.357 e. The van der Waals surface area contributed by atoms with Crippen molar-refractivity contribution in [3.8, 4) is 22.4 Å². The van der Waals surface area contributed by atoms with Gasteiger partial charge in [0.2, 0.25) is 5.28 Å². The molecule has 0 unspecified atom stereocenters. The van der Waals surface area contributed by atoms with Crippen LogP contribution in [0.4, 0.5) is 0 Å². The molecule has 8 rings (SSSR count). The summed E-state index contributed by atoms with van der Waals surface area (Å²) in [5.74, 6) is 0.871. The molecule has 42 heavy (non-hydrogen) atoms. The lowest BCUT2D eigenvalue weighted by Crippen LogP contribution is -2.61. The van der Waals surface area contributed by atoms with Crippen molar-refractivity contribution < 1.29 is 0 Å². The number of fused-ring (bicyclic) bond motifs is 2. The average molecular weight is 599 g/mol. The van der Waals surface area contributed by atoms with Gasteiger partial charge < -0.3 is 4.90 Å². The van der Waals surface area contributed by atoms with Crippen LogP contribution in [-0.4, -0.2) is 57.3 Å². The molecule has 0 radical (unpaired) electrons. The number of halogens is 2. The Morgan fingerprint density at radius 2 is 1.90 bits per heavy atom. The van der Waals surface area contributed by atoms with Crippen molar-refractivity contribution >= 4 is 50.8 Å². The minimum absolute atomic E-state index is 0.257. The first-order valence-electron chi connectivity index (χ1n) is 14.0. The predicted molar refractivity (Wildman–Crippen MR) is 166 cm³/mol. The van der Waals surface area contributed by atoms with Gasteiger partial charge in [-0.25, -0.2) is 4.98 Å². The molecule has 2 aromatic carbocycles. The zero-order valence-electron chi connectivity index (χ0n) is 23.6. The lowest BCUT2D eigenvalue weighted by molar-refractivity contribution is -0.0650. The van der Waals surface area contributed by atoms with Crippen LogP contribution in [-0.2, 0) is 7.05 Å². The number of nitrogens with zero attached hydrogens (tertiary/aromatic N) is 8. The summed E-state index contributed by atoms with van der Waals surface area (Å²) in [7, 11) is 1.96. The van der Waals surface area contributed by atoms with Gasteiger partial charge in [0, 0.05) is 71.1 Å². The summed E-state index contributed by atoms with van der Waals surface area (Å²) in [4.78, 5) is 6.40. The van der Waals surface area contributed by atoms with E-state index in [1.54, 1.807) is 6.20 Å². The smallest absolute Gasteiger partial charge is 0.208 e. The highest BCUT2D eigenvalue weighted by Gasteiger charge is 2.54. The van der Waals surface area contributed by atoms with Gasteiger partial charge in [-0.1, -0.05) is 24.2 Å². The first kappa shape index (κ1) is 25.6. The normalized spacial score (nSPS) is 16.5. The highest BCUT2D eigenvalue weighted by molar-refractivity contribution is 6.36. The SMILES string of the molecule is C=C(N1CC2(CC(n3nc(-c4ccc5c(cnn5C)c4)c(-c4c(Cl)c(C)cc5[nH]ncc45)c3C)C2)C1)n1ccnc1Cl. The fourth-order valence-electron chi connectivity index (χ4n) is 7.08. The van der Waals surface area contributed by atoms with Gasteiger partial charge in [-0.05, 0) is 62.1 Å². The lowest BCUT2D eigenvalue weighted by atomic mass is 9.60. The standard InChI is InChI=1S/C31H29Cl2N9/c1-17-9-24-23(14-35-37-24)27(28(17)32)26-18(2)42(38-29(26)20-5-6-25-21(10-20)13-36-39(25)4)22-11-31(12-22)15-40(16-31)19(3)41-8-7-34-30(41)33/h5-10,13-14,22H,3,11-12,15-16H2,1-2,4H3,(H,35,37). The van der Waals surface area contributed by atoms with E-state index in [2.05, 4.69) is 67.6 Å². The Hall–Kier alpha value is -4.08. The van der Waals surface area contributed by atoms with E-state index in [1.165, 1.54) is 0 Å². The zero-order chi connectivity index (χ0) is 28.9. The second-order valence-corrected chi connectivity index (χ2v) is 12.6. The third-order valence-corrected chi connectivity index (χ3v) is 10.0. The van der Waals surface area contributed by atoms with E-state index in [4.69, 9.17) is 28.3 Å². The number of aromatic amines is 1. The Kier molecular flexibility index (Phi) is 5.46. The van der Waals surface area contributed by atoms with Gasteiger partial charge in [-0.3, -0.25) is 19.0 Å². The van der Waals surface area contributed by atoms with E-state index < -0.39 is 0 Å². The summed E-state index contributed by atoms with van der Waals surface area (Å²) in [6.45, 7) is 10.4. The van der Waals surface area contributed by atoms with Crippen LogP contribution in [0, 0.1) is 19.3 Å². The predicted octanol–water partition coefficient (Wildman–Crippen LogP) is 6.87. The van der Waals surface area contributed by atoms with Crippen LogP contribution in [0.25, 0.3) is 50.0 Å². The molecule has 1 saturated carbocycles. The molecule has 1 aliphatic heterocycles. The summed E-state index contributed by atoms with van der Waals surface area (Å²) >= 11 is 13.3. The Balaban J connectivity index is 1.18. The summed E-state index contributed by atoms with van der Waals surface area (Å²) in [6, 6.07) is 8.78. The third-order valence-electron chi connectivity index (χ3n) is 9.26. The third kappa shape index (κ3) is 3.63. The lowest BCUT2D eigenvalue weighted by Gasteiger charge is -2.60. The summed E-state index contributed by atoms with van der Waals surface area (Å²) in [5, 5.41) is 20.5. The van der Waals surface area contributed by atoms with Gasteiger partial charge in [0.25, 0.3) is 0 Å². The number of imidazole rings is 1. The van der Waals surface area contributed by atoms with E-state index in [1.807, 2.05) is 41.8 Å². The van der Waals surface area contributed by atoms with Crippen LogP contribution in [0.5, 0.6) is 0 Å². The van der Waals surface area contributed by atoms with Crippen molar-refractivity contribution in [3.05, 3.63) is 77.2 Å². The van der Waals surface area contributed by atoms with Crippen LogP contribution >= 0.6 is 23.2 Å². The first-order chi connectivity index (χ1) is 20.2. The largest absolute Gasteiger partial charge is 0.357 e. The number of rotatable bonds is 5. The zero-order valence-corrected chi connectivity index (χ0v) is 25.1. The van der Waals surface area contributed by atoms with Crippen molar-refractivity contribution in [3.63, 3.8) is 0 Å². The van der Waals surface area contributed by atoms with E-state index in [9.17, 15) is 0 Å². The molecule has 9 nitrogen and oxygen atoms in total. The molecule has 2 fully saturated rings. The molecule has 2 aliphatic rings. The fourth-order valence-corrected chi connectivity index (χ4v) is 7.54. The molecule has 212 valence electrons. The average Bonchev–Trinajstić information content (AvgIpc) is 3.71. The maximum Gasteiger partial charge on any atom is 0.208 e. The fraction of sp³-hybridized carbons (Fsp3) is 0.290. The van der Waals surface area contributed by atoms with Crippen molar-refractivity contribution in [1.82, 2.24) is 44.2 Å². The summed E-state index contributed by atoms with van der Waals surface area (Å²) < 4.78 is 5.96. The van der Waals surface area contributed by atoms with Gasteiger partial charge in [-0.15, -0.1) is 0 Å². The number of benzene rings is 2. The summed E-state index contributed by atoms with van der Waals surface area (Å²) in [6.07, 6.45) is 9.43. The Bertz CT molecular complexity index is 2050. The van der Waals surface area contributed by atoms with Crippen LogP contribution in [0.2, 0.25) is 10.3 Å². The number of aromatic nitrogens is 8. The molecule has 11 heteroatoms. The minimum atomic E-state index is 0.257. The van der Waals surface area contributed by atoms with Gasteiger partial charge in [0.1, 0.15) is 11.5 Å². The van der Waals surface area contributed by atoms with E-state index in [0.717, 1.165) is 92.2 Å². The molecular formula is C31H29Cl2N9. The molecule has 1 spiro atoms. The number of nitrogens with one attached hydrogen (secondary N) is 1. The maximum absolute atomic E-state index is 7.08.